The van der Waals surface area contributed by atoms with Crippen LogP contribution in [-0.4, -0.2) is 5.96 Å². The summed E-state index contributed by atoms with van der Waals surface area (Å²) < 4.78 is 0. The number of rotatable bonds is 1. The lowest BCUT2D eigenvalue weighted by Gasteiger charge is -2.00. The van der Waals surface area contributed by atoms with Crippen molar-refractivity contribution in [2.75, 3.05) is 5.32 Å². The van der Waals surface area contributed by atoms with E-state index in [-0.39, 0.29) is 5.96 Å². The molecule has 0 aliphatic rings. The SMILES string of the molecule is N=C(N)Nc1c[c]ccc1. The van der Waals surface area contributed by atoms with Gasteiger partial charge in [0.05, 0.1) is 0 Å². The van der Waals surface area contributed by atoms with Crippen LogP contribution < -0.4 is 11.1 Å². The molecule has 0 aliphatic heterocycles. The predicted molar refractivity (Wildman–Crippen MR) is 40.8 cm³/mol. The molecule has 0 atom stereocenters. The van der Waals surface area contributed by atoms with Gasteiger partial charge >= 0.3 is 0 Å². The second-order valence-corrected chi connectivity index (χ2v) is 1.83. The van der Waals surface area contributed by atoms with Crippen molar-refractivity contribution in [1.82, 2.24) is 0 Å². The molecule has 0 amide bonds. The second-order valence-electron chi connectivity index (χ2n) is 1.83. The average Bonchev–Trinajstić information content (AvgIpc) is 1.88. The zero-order valence-electron chi connectivity index (χ0n) is 5.39. The largest absolute Gasteiger partial charge is 0.370 e. The molecule has 0 spiro atoms. The molecule has 0 heterocycles. The molecule has 0 saturated heterocycles. The van der Waals surface area contributed by atoms with E-state index in [9.17, 15) is 0 Å². The summed E-state index contributed by atoms with van der Waals surface area (Å²) in [5, 5.41) is 9.52. The first-order valence-corrected chi connectivity index (χ1v) is 2.86. The van der Waals surface area contributed by atoms with Crippen LogP contribution in [0.15, 0.2) is 24.3 Å². The lowest BCUT2D eigenvalue weighted by Crippen LogP contribution is -2.20. The van der Waals surface area contributed by atoms with E-state index in [1.165, 1.54) is 0 Å². The van der Waals surface area contributed by atoms with Gasteiger partial charge in [-0.15, -0.1) is 0 Å². The fourth-order valence-corrected chi connectivity index (χ4v) is 0.627. The van der Waals surface area contributed by atoms with Gasteiger partial charge in [0.25, 0.3) is 0 Å². The molecule has 1 aromatic rings. The monoisotopic (exact) mass is 134 g/mol. The summed E-state index contributed by atoms with van der Waals surface area (Å²) in [6, 6.07) is 10.0. The van der Waals surface area contributed by atoms with Crippen LogP contribution in [0.4, 0.5) is 5.69 Å². The second kappa shape index (κ2) is 2.87. The van der Waals surface area contributed by atoms with E-state index >= 15 is 0 Å². The maximum absolute atomic E-state index is 6.88. The van der Waals surface area contributed by atoms with Gasteiger partial charge in [-0.3, -0.25) is 5.41 Å². The van der Waals surface area contributed by atoms with Crippen LogP contribution in [0.1, 0.15) is 0 Å². The predicted octanol–water partition coefficient (Wildman–Crippen LogP) is 0.792. The van der Waals surface area contributed by atoms with Crippen LogP contribution >= 0.6 is 0 Å². The number of hydrogen-bond donors (Lipinski definition) is 3. The molecule has 0 saturated carbocycles. The van der Waals surface area contributed by atoms with Gasteiger partial charge in [-0.25, -0.2) is 0 Å². The Morgan fingerprint density at radius 2 is 2.50 bits per heavy atom. The van der Waals surface area contributed by atoms with E-state index in [2.05, 4.69) is 11.4 Å². The van der Waals surface area contributed by atoms with Crippen molar-refractivity contribution in [2.24, 2.45) is 5.73 Å². The molecule has 0 aliphatic carbocycles. The first-order chi connectivity index (χ1) is 4.79. The summed E-state index contributed by atoms with van der Waals surface area (Å²) in [5.74, 6) is -0.0559. The van der Waals surface area contributed by atoms with E-state index in [1.54, 1.807) is 12.1 Å². The molecule has 51 valence electrons. The maximum atomic E-state index is 6.88. The Morgan fingerprint density at radius 3 is 3.00 bits per heavy atom. The Labute approximate surface area is 59.4 Å². The average molecular weight is 134 g/mol. The molecule has 1 radical (unpaired) electrons. The smallest absolute Gasteiger partial charge is 0.190 e. The van der Waals surface area contributed by atoms with Gasteiger partial charge in [-0.2, -0.15) is 0 Å². The van der Waals surface area contributed by atoms with Crippen molar-refractivity contribution in [3.63, 3.8) is 0 Å². The fourth-order valence-electron chi connectivity index (χ4n) is 0.627. The summed E-state index contributed by atoms with van der Waals surface area (Å²) in [6.45, 7) is 0. The van der Waals surface area contributed by atoms with Gasteiger partial charge in [0, 0.05) is 5.69 Å². The molecular formula is C7H8N3. The maximum Gasteiger partial charge on any atom is 0.190 e. The van der Waals surface area contributed by atoms with Crippen LogP contribution in [0.3, 0.4) is 0 Å². The molecule has 1 rings (SSSR count). The van der Waals surface area contributed by atoms with Gasteiger partial charge in [0.15, 0.2) is 5.96 Å². The molecular weight excluding hydrogens is 126 g/mol. The first-order valence-electron chi connectivity index (χ1n) is 2.86. The van der Waals surface area contributed by atoms with Crippen LogP contribution in [0, 0.1) is 11.5 Å². The lowest BCUT2D eigenvalue weighted by molar-refractivity contribution is 1.41. The number of anilines is 1. The van der Waals surface area contributed by atoms with Crippen LogP contribution in [0.25, 0.3) is 0 Å². The van der Waals surface area contributed by atoms with Gasteiger partial charge in [-0.05, 0) is 18.2 Å². The zero-order chi connectivity index (χ0) is 7.40. The van der Waals surface area contributed by atoms with Gasteiger partial charge in [0.1, 0.15) is 0 Å². The summed E-state index contributed by atoms with van der Waals surface area (Å²) in [4.78, 5) is 0. The molecule has 0 fully saturated rings. The van der Waals surface area contributed by atoms with E-state index in [0.29, 0.717) is 0 Å². The minimum atomic E-state index is -0.0559. The van der Waals surface area contributed by atoms with Crippen molar-refractivity contribution in [1.29, 1.82) is 5.41 Å². The van der Waals surface area contributed by atoms with Gasteiger partial charge in [-0.1, -0.05) is 12.1 Å². The number of nitrogens with one attached hydrogen (secondary N) is 2. The molecule has 0 aromatic heterocycles. The number of nitrogens with two attached hydrogens (primary N) is 1. The van der Waals surface area contributed by atoms with Crippen molar-refractivity contribution < 1.29 is 0 Å². The molecule has 10 heavy (non-hydrogen) atoms. The van der Waals surface area contributed by atoms with E-state index < -0.39 is 0 Å². The van der Waals surface area contributed by atoms with E-state index in [0.717, 1.165) is 5.69 Å². The van der Waals surface area contributed by atoms with Gasteiger partial charge in [0.2, 0.25) is 0 Å². The number of guanidine groups is 1. The van der Waals surface area contributed by atoms with E-state index in [1.807, 2.05) is 12.1 Å². The Morgan fingerprint density at radius 1 is 1.70 bits per heavy atom. The van der Waals surface area contributed by atoms with Crippen LogP contribution in [-0.2, 0) is 0 Å². The normalized spacial score (nSPS) is 8.80. The third-order valence-electron chi connectivity index (χ3n) is 0.986. The summed E-state index contributed by atoms with van der Waals surface area (Å²) >= 11 is 0. The molecule has 4 N–H and O–H groups in total. The fraction of sp³-hybridized carbons (Fsp3) is 0. The van der Waals surface area contributed by atoms with Crippen molar-refractivity contribution in [2.45, 2.75) is 0 Å². The highest BCUT2D eigenvalue weighted by molar-refractivity contribution is 5.89. The Balaban J connectivity index is 2.67. The molecule has 0 bridgehead atoms. The first kappa shape index (κ1) is 6.61. The van der Waals surface area contributed by atoms with Crippen LogP contribution in [0.2, 0.25) is 0 Å². The standard InChI is InChI=1S/C7H8N3/c8-7(9)10-6-4-2-1-3-5-6/h1-2,4-5H,(H4,8,9,10). The molecule has 1 aromatic carbocycles. The molecule has 3 nitrogen and oxygen atoms in total. The number of hydrogen-bond acceptors (Lipinski definition) is 1. The molecule has 3 heteroatoms. The minimum Gasteiger partial charge on any atom is -0.370 e. The minimum absolute atomic E-state index is 0.0559. The topological polar surface area (TPSA) is 61.9 Å². The van der Waals surface area contributed by atoms with Crippen molar-refractivity contribution >= 4 is 11.6 Å². The Kier molecular flexibility index (Phi) is 1.89. The summed E-state index contributed by atoms with van der Waals surface area (Å²) in [5.41, 5.74) is 5.87. The number of benzene rings is 1. The summed E-state index contributed by atoms with van der Waals surface area (Å²) in [7, 11) is 0. The third-order valence-corrected chi connectivity index (χ3v) is 0.986. The quantitative estimate of drug-likeness (QED) is 0.393. The Bertz CT molecular complexity index is 218. The van der Waals surface area contributed by atoms with E-state index in [4.69, 9.17) is 11.1 Å². The lowest BCUT2D eigenvalue weighted by atomic mass is 10.3. The highest BCUT2D eigenvalue weighted by atomic mass is 15.0. The third kappa shape index (κ3) is 1.78. The van der Waals surface area contributed by atoms with Crippen LogP contribution in [0.5, 0.6) is 0 Å². The molecule has 0 unspecified atom stereocenters. The zero-order valence-corrected chi connectivity index (χ0v) is 5.39. The van der Waals surface area contributed by atoms with Crippen molar-refractivity contribution in [3.8, 4) is 0 Å². The highest BCUT2D eigenvalue weighted by Gasteiger charge is 1.87. The van der Waals surface area contributed by atoms with Gasteiger partial charge < -0.3 is 11.1 Å². The Hall–Kier alpha value is -1.51. The van der Waals surface area contributed by atoms with Crippen molar-refractivity contribution in [3.05, 3.63) is 30.3 Å². The summed E-state index contributed by atoms with van der Waals surface area (Å²) in [6.07, 6.45) is 0. The highest BCUT2D eigenvalue weighted by Crippen LogP contribution is 2.02.